The molecule has 0 heterocycles. The molecule has 0 saturated carbocycles. The van der Waals surface area contributed by atoms with E-state index < -0.39 is 20.3 Å². The topological polar surface area (TPSA) is 21.3 Å². The lowest BCUT2D eigenvalue weighted by Gasteiger charge is -2.21. The van der Waals surface area contributed by atoms with Crippen LogP contribution in [0.2, 0.25) is 19.6 Å². The van der Waals surface area contributed by atoms with E-state index in [9.17, 15) is 13.2 Å². The first kappa shape index (κ1) is 16.6. The van der Waals surface area contributed by atoms with Gasteiger partial charge in [0.15, 0.2) is 0 Å². The van der Waals surface area contributed by atoms with E-state index in [1.165, 1.54) is 13.2 Å². The van der Waals surface area contributed by atoms with Gasteiger partial charge in [-0.2, -0.15) is 13.2 Å². The highest BCUT2D eigenvalue weighted by atomic mass is 28.3. The van der Waals surface area contributed by atoms with Gasteiger partial charge in [-0.25, -0.2) is 0 Å². The van der Waals surface area contributed by atoms with Crippen LogP contribution < -0.4 is 10.1 Å². The summed E-state index contributed by atoms with van der Waals surface area (Å²) in [6.45, 7) is 5.97. The van der Waals surface area contributed by atoms with E-state index in [-0.39, 0.29) is 0 Å². The minimum atomic E-state index is -4.32. The zero-order valence-corrected chi connectivity index (χ0v) is 13.1. The number of anilines is 1. The Bertz CT molecular complexity index is 449. The maximum Gasteiger partial charge on any atom is 0.412 e. The molecule has 0 spiro atoms. The summed E-state index contributed by atoms with van der Waals surface area (Å²) in [7, 11) is -0.160. The van der Waals surface area contributed by atoms with Crippen LogP contribution in [-0.2, 0) is 0 Å². The van der Waals surface area contributed by atoms with E-state index in [2.05, 4.69) is 5.32 Å². The molecule has 6 heteroatoms. The van der Waals surface area contributed by atoms with Crippen molar-refractivity contribution >= 4 is 13.8 Å². The van der Waals surface area contributed by atoms with Gasteiger partial charge in [-0.05, 0) is 24.3 Å². The van der Waals surface area contributed by atoms with Crippen LogP contribution in [0.3, 0.4) is 0 Å². The van der Waals surface area contributed by atoms with E-state index in [4.69, 9.17) is 4.74 Å². The number of rotatable bonds is 5. The molecule has 0 aliphatic heterocycles. The molecule has 112 valence electrons. The highest BCUT2D eigenvalue weighted by Crippen LogP contribution is 2.26. The van der Waals surface area contributed by atoms with E-state index in [1.54, 1.807) is 30.0 Å². The van der Waals surface area contributed by atoms with Gasteiger partial charge in [-0.15, -0.1) is 0 Å². The minimum absolute atomic E-state index is 0.411. The molecule has 0 bridgehead atoms. The Morgan fingerprint density at radius 3 is 2.10 bits per heavy atom. The molecule has 0 fully saturated rings. The highest BCUT2D eigenvalue weighted by molar-refractivity contribution is 6.80. The number of benzene rings is 1. The van der Waals surface area contributed by atoms with Crippen molar-refractivity contribution in [1.82, 2.24) is 0 Å². The molecule has 1 aromatic rings. The van der Waals surface area contributed by atoms with Gasteiger partial charge in [-0.3, -0.25) is 0 Å². The molecule has 0 aromatic heterocycles. The number of ether oxygens (including phenoxy) is 1. The molecule has 0 radical (unpaired) electrons. The van der Waals surface area contributed by atoms with E-state index in [0.717, 1.165) is 0 Å². The molecule has 1 aromatic carbocycles. The van der Waals surface area contributed by atoms with Gasteiger partial charge in [0, 0.05) is 5.69 Å². The Morgan fingerprint density at radius 1 is 1.15 bits per heavy atom. The maximum absolute atomic E-state index is 13.0. The number of hydrogen-bond acceptors (Lipinski definition) is 2. The first-order valence-corrected chi connectivity index (χ1v) is 9.86. The summed E-state index contributed by atoms with van der Waals surface area (Å²) >= 11 is 0. The van der Waals surface area contributed by atoms with E-state index >= 15 is 0 Å². The summed E-state index contributed by atoms with van der Waals surface area (Å²) in [5.74, 6) is 0.608. The molecule has 0 saturated heterocycles. The van der Waals surface area contributed by atoms with Crippen LogP contribution in [0.5, 0.6) is 5.75 Å². The Hall–Kier alpha value is -1.43. The number of methoxy groups -OCH3 is 1. The third-order valence-electron chi connectivity index (χ3n) is 2.55. The summed E-state index contributed by atoms with van der Waals surface area (Å²) in [5.41, 5.74) is 2.11. The zero-order chi connectivity index (χ0) is 15.4. The number of halogens is 3. The van der Waals surface area contributed by atoms with Crippen molar-refractivity contribution in [2.75, 3.05) is 12.4 Å². The summed E-state index contributed by atoms with van der Waals surface area (Å²) in [6, 6.07) is 4.71. The number of nitrogens with one attached hydrogen (secondary N) is 1. The zero-order valence-electron chi connectivity index (χ0n) is 12.1. The lowest BCUT2D eigenvalue weighted by molar-refractivity contribution is -0.132. The van der Waals surface area contributed by atoms with Gasteiger partial charge in [0.1, 0.15) is 11.8 Å². The molecule has 1 N–H and O–H groups in total. The third-order valence-corrected chi connectivity index (χ3v) is 3.75. The predicted molar refractivity (Wildman–Crippen MR) is 78.9 cm³/mol. The third kappa shape index (κ3) is 5.69. The smallest absolute Gasteiger partial charge is 0.412 e. The first-order valence-electron chi connectivity index (χ1n) is 6.28. The average Bonchev–Trinajstić information content (AvgIpc) is 2.32. The van der Waals surface area contributed by atoms with Crippen molar-refractivity contribution < 1.29 is 17.9 Å². The van der Waals surface area contributed by atoms with Crippen LogP contribution >= 0.6 is 0 Å². The van der Waals surface area contributed by atoms with Crippen molar-refractivity contribution in [2.24, 2.45) is 0 Å². The predicted octanol–water partition coefficient (Wildman–Crippen LogP) is 4.47. The van der Waals surface area contributed by atoms with Crippen molar-refractivity contribution in [3.63, 3.8) is 0 Å². The molecule has 1 unspecified atom stereocenters. The summed E-state index contributed by atoms with van der Waals surface area (Å²) < 4.78 is 44.0. The molecule has 20 heavy (non-hydrogen) atoms. The molecule has 0 aliphatic rings. The maximum atomic E-state index is 13.0. The number of alkyl halides is 3. The first-order chi connectivity index (χ1) is 9.12. The van der Waals surface area contributed by atoms with Crippen molar-refractivity contribution in [3.8, 4) is 5.75 Å². The lowest BCUT2D eigenvalue weighted by Crippen LogP contribution is -2.35. The van der Waals surface area contributed by atoms with Crippen molar-refractivity contribution in [1.29, 1.82) is 0 Å². The second-order valence-corrected chi connectivity index (χ2v) is 10.7. The van der Waals surface area contributed by atoms with Gasteiger partial charge in [0.2, 0.25) is 0 Å². The standard InChI is InChI=1S/C14H20F3NOSi/c1-19-12-7-5-11(6-8-12)18-13(14(15,16)17)9-10-20(2,3)4/h5-10,13,18H,1-4H3/b10-9-. The summed E-state index contributed by atoms with van der Waals surface area (Å²) in [6.07, 6.45) is -3.10. The second-order valence-electron chi connectivity index (χ2n) is 5.62. The fraction of sp³-hybridized carbons (Fsp3) is 0.429. The fourth-order valence-electron chi connectivity index (χ4n) is 1.49. The molecular formula is C14H20F3NOSi. The van der Waals surface area contributed by atoms with Gasteiger partial charge in [0.05, 0.1) is 15.2 Å². The SMILES string of the molecule is COc1ccc(NC(/C=C\[Si](C)(C)C)C(F)(F)F)cc1. The molecule has 2 nitrogen and oxygen atoms in total. The molecule has 0 amide bonds. The van der Waals surface area contributed by atoms with E-state index in [1.807, 2.05) is 19.6 Å². The Kier molecular flexibility index (Phi) is 5.27. The number of hydrogen-bond donors (Lipinski definition) is 1. The Balaban J connectivity index is 2.87. The molecule has 1 rings (SSSR count). The van der Waals surface area contributed by atoms with Crippen LogP contribution in [0.4, 0.5) is 18.9 Å². The largest absolute Gasteiger partial charge is 0.497 e. The van der Waals surface area contributed by atoms with Gasteiger partial charge in [-0.1, -0.05) is 31.4 Å². The van der Waals surface area contributed by atoms with Crippen LogP contribution in [0.1, 0.15) is 0 Å². The van der Waals surface area contributed by atoms with Crippen LogP contribution in [0.25, 0.3) is 0 Å². The molecule has 0 aliphatic carbocycles. The van der Waals surface area contributed by atoms with Crippen molar-refractivity contribution in [2.45, 2.75) is 31.9 Å². The van der Waals surface area contributed by atoms with E-state index in [0.29, 0.717) is 11.4 Å². The minimum Gasteiger partial charge on any atom is -0.497 e. The van der Waals surface area contributed by atoms with Gasteiger partial charge < -0.3 is 10.1 Å². The molecular weight excluding hydrogens is 283 g/mol. The van der Waals surface area contributed by atoms with Gasteiger partial charge >= 0.3 is 6.18 Å². The normalized spacial score (nSPS) is 14.3. The fourth-order valence-corrected chi connectivity index (χ4v) is 2.26. The second kappa shape index (κ2) is 6.34. The monoisotopic (exact) mass is 303 g/mol. The van der Waals surface area contributed by atoms with Crippen molar-refractivity contribution in [3.05, 3.63) is 36.0 Å². The quantitative estimate of drug-likeness (QED) is 0.810. The average molecular weight is 303 g/mol. The van der Waals surface area contributed by atoms with Crippen LogP contribution in [0, 0.1) is 0 Å². The van der Waals surface area contributed by atoms with Crippen LogP contribution in [0.15, 0.2) is 36.0 Å². The Morgan fingerprint density at radius 2 is 1.70 bits per heavy atom. The van der Waals surface area contributed by atoms with Crippen LogP contribution in [-0.4, -0.2) is 27.4 Å². The Labute approximate surface area is 118 Å². The summed E-state index contributed by atoms with van der Waals surface area (Å²) in [5, 5.41) is 2.50. The molecule has 1 atom stereocenters. The lowest BCUT2D eigenvalue weighted by atomic mass is 10.2. The summed E-state index contributed by atoms with van der Waals surface area (Å²) in [4.78, 5) is 0. The van der Waals surface area contributed by atoms with Gasteiger partial charge in [0.25, 0.3) is 0 Å². The highest BCUT2D eigenvalue weighted by Gasteiger charge is 2.38.